The first-order valence-corrected chi connectivity index (χ1v) is 10.4. The van der Waals surface area contributed by atoms with Crippen molar-refractivity contribution < 1.29 is 9.53 Å². The summed E-state index contributed by atoms with van der Waals surface area (Å²) in [4.78, 5) is 23.6. The molecule has 3 heterocycles. The summed E-state index contributed by atoms with van der Waals surface area (Å²) in [6.07, 6.45) is 8.88. The van der Waals surface area contributed by atoms with Crippen LogP contribution in [0.1, 0.15) is 47.1 Å². The predicted octanol–water partition coefficient (Wildman–Crippen LogP) is 3.86. The molecule has 6 heteroatoms. The molecule has 0 bridgehead atoms. The highest BCUT2D eigenvalue weighted by atomic mass is 16.5. The van der Waals surface area contributed by atoms with E-state index in [1.54, 1.807) is 18.5 Å². The number of benzene rings is 1. The molecule has 31 heavy (non-hydrogen) atoms. The molecule has 0 N–H and O–H groups in total. The standard InChI is InChI=1S/C25H24N4O2/c1-31-25(30)22-10-5-13-29(22)24(19-7-2-6-18(14-19)15-26)23(20-8-3-11-27-16-20)21-9-4-12-28-17-21/h2-4,6-9,11-12,14,16-17,22-24H,5,10,13H2,1H3/t22-,24?/m0/s1. The molecule has 3 aromatic rings. The van der Waals surface area contributed by atoms with Gasteiger partial charge >= 0.3 is 5.97 Å². The van der Waals surface area contributed by atoms with Gasteiger partial charge in [-0.2, -0.15) is 5.26 Å². The van der Waals surface area contributed by atoms with Crippen LogP contribution in [-0.2, 0) is 9.53 Å². The summed E-state index contributed by atoms with van der Waals surface area (Å²) in [6, 6.07) is 17.3. The Labute approximate surface area is 182 Å². The third kappa shape index (κ3) is 4.32. The Bertz CT molecular complexity index is 1030. The van der Waals surface area contributed by atoms with Crippen LogP contribution in [0.5, 0.6) is 0 Å². The van der Waals surface area contributed by atoms with Crippen molar-refractivity contribution in [3.05, 3.63) is 95.6 Å². The van der Waals surface area contributed by atoms with Crippen LogP contribution in [0.25, 0.3) is 0 Å². The summed E-state index contributed by atoms with van der Waals surface area (Å²) >= 11 is 0. The van der Waals surface area contributed by atoms with Gasteiger partial charge in [-0.3, -0.25) is 19.7 Å². The summed E-state index contributed by atoms with van der Waals surface area (Å²) in [6.45, 7) is 0.762. The topological polar surface area (TPSA) is 79.1 Å². The first kappa shape index (κ1) is 20.7. The zero-order chi connectivity index (χ0) is 21.6. The second-order valence-corrected chi connectivity index (χ2v) is 7.65. The molecule has 156 valence electrons. The average molecular weight is 412 g/mol. The van der Waals surface area contributed by atoms with Crippen LogP contribution < -0.4 is 0 Å². The lowest BCUT2D eigenvalue weighted by molar-refractivity contribution is -0.146. The molecule has 6 nitrogen and oxygen atoms in total. The van der Waals surface area contributed by atoms with Gasteiger partial charge in [0.25, 0.3) is 0 Å². The van der Waals surface area contributed by atoms with E-state index in [1.165, 1.54) is 7.11 Å². The van der Waals surface area contributed by atoms with Gasteiger partial charge in [0, 0.05) is 36.7 Å². The van der Waals surface area contributed by atoms with Crippen LogP contribution in [0.4, 0.5) is 0 Å². The fourth-order valence-electron chi connectivity index (χ4n) is 4.56. The Morgan fingerprint density at radius 1 is 1.10 bits per heavy atom. The maximum absolute atomic E-state index is 12.6. The highest BCUT2D eigenvalue weighted by Crippen LogP contribution is 2.43. The highest BCUT2D eigenvalue weighted by Gasteiger charge is 2.41. The van der Waals surface area contributed by atoms with E-state index >= 15 is 0 Å². The maximum atomic E-state index is 12.6. The van der Waals surface area contributed by atoms with Gasteiger partial charge < -0.3 is 4.74 Å². The fraction of sp³-hybridized carbons (Fsp3) is 0.280. The van der Waals surface area contributed by atoms with Crippen LogP contribution in [0.3, 0.4) is 0 Å². The number of nitriles is 1. The lowest BCUT2D eigenvalue weighted by Crippen LogP contribution is -2.42. The number of likely N-dealkylation sites (tertiary alicyclic amines) is 1. The number of nitrogens with zero attached hydrogens (tertiary/aromatic N) is 4. The summed E-state index contributed by atoms with van der Waals surface area (Å²) in [5.41, 5.74) is 3.62. The number of rotatable bonds is 6. The van der Waals surface area contributed by atoms with Crippen molar-refractivity contribution in [3.63, 3.8) is 0 Å². The van der Waals surface area contributed by atoms with Crippen molar-refractivity contribution in [2.75, 3.05) is 13.7 Å². The number of aromatic nitrogens is 2. The molecule has 1 saturated heterocycles. The van der Waals surface area contributed by atoms with E-state index in [-0.39, 0.29) is 24.0 Å². The molecular formula is C25H24N4O2. The van der Waals surface area contributed by atoms with Crippen molar-refractivity contribution in [3.8, 4) is 6.07 Å². The SMILES string of the molecule is COC(=O)[C@@H]1CCCN1C(c1cccc(C#N)c1)C(c1cccnc1)c1cccnc1. The minimum absolute atomic E-state index is 0.124. The van der Waals surface area contributed by atoms with E-state index in [1.807, 2.05) is 42.7 Å². The molecule has 1 aromatic carbocycles. The normalized spacial score (nSPS) is 17.3. The van der Waals surface area contributed by atoms with Crippen molar-refractivity contribution in [1.29, 1.82) is 5.26 Å². The van der Waals surface area contributed by atoms with Crippen LogP contribution in [-0.4, -0.2) is 40.5 Å². The molecule has 2 atom stereocenters. The Balaban J connectivity index is 1.91. The fourth-order valence-corrected chi connectivity index (χ4v) is 4.56. The number of carbonyl (C=O) groups is 1. The Morgan fingerprint density at radius 3 is 2.35 bits per heavy atom. The van der Waals surface area contributed by atoms with Crippen LogP contribution in [0.15, 0.2) is 73.3 Å². The molecule has 1 aliphatic rings. The van der Waals surface area contributed by atoms with Gasteiger partial charge in [-0.15, -0.1) is 0 Å². The Morgan fingerprint density at radius 2 is 1.77 bits per heavy atom. The smallest absolute Gasteiger partial charge is 0.323 e. The number of ether oxygens (including phenoxy) is 1. The quantitative estimate of drug-likeness (QED) is 0.572. The molecule has 2 aromatic heterocycles. The van der Waals surface area contributed by atoms with Crippen LogP contribution in [0, 0.1) is 11.3 Å². The molecule has 4 rings (SSSR count). The Hall–Kier alpha value is -3.56. The summed E-state index contributed by atoms with van der Waals surface area (Å²) in [5.74, 6) is -0.350. The second-order valence-electron chi connectivity index (χ2n) is 7.65. The monoisotopic (exact) mass is 412 g/mol. The van der Waals surface area contributed by atoms with Crippen LogP contribution in [0.2, 0.25) is 0 Å². The van der Waals surface area contributed by atoms with Crippen molar-refractivity contribution in [2.24, 2.45) is 0 Å². The molecule has 0 saturated carbocycles. The molecule has 1 aliphatic heterocycles. The molecule has 1 unspecified atom stereocenters. The number of esters is 1. The van der Waals surface area contributed by atoms with Crippen molar-refractivity contribution in [1.82, 2.24) is 14.9 Å². The van der Waals surface area contributed by atoms with Crippen LogP contribution >= 0.6 is 0 Å². The van der Waals surface area contributed by atoms with Gasteiger partial charge in [0.1, 0.15) is 6.04 Å². The molecule has 0 spiro atoms. The minimum atomic E-state index is -0.336. The van der Waals surface area contributed by atoms with Gasteiger partial charge in [0.05, 0.1) is 18.7 Å². The van der Waals surface area contributed by atoms with Crippen molar-refractivity contribution >= 4 is 5.97 Å². The summed E-state index contributed by atoms with van der Waals surface area (Å²) in [7, 11) is 1.43. The first-order chi connectivity index (χ1) is 15.2. The summed E-state index contributed by atoms with van der Waals surface area (Å²) < 4.78 is 5.13. The van der Waals surface area contributed by atoms with E-state index in [4.69, 9.17) is 4.74 Å². The second kappa shape index (κ2) is 9.50. The largest absolute Gasteiger partial charge is 0.468 e. The maximum Gasteiger partial charge on any atom is 0.323 e. The predicted molar refractivity (Wildman–Crippen MR) is 116 cm³/mol. The van der Waals surface area contributed by atoms with Crippen molar-refractivity contribution in [2.45, 2.75) is 30.8 Å². The lowest BCUT2D eigenvalue weighted by Gasteiger charge is -2.38. The lowest BCUT2D eigenvalue weighted by atomic mass is 9.81. The summed E-state index contributed by atoms with van der Waals surface area (Å²) in [5, 5.41) is 9.50. The molecular weight excluding hydrogens is 388 g/mol. The van der Waals surface area contributed by atoms with Gasteiger partial charge in [-0.25, -0.2) is 0 Å². The first-order valence-electron chi connectivity index (χ1n) is 10.4. The van der Waals surface area contributed by atoms with E-state index in [9.17, 15) is 10.1 Å². The Kier molecular flexibility index (Phi) is 6.34. The van der Waals surface area contributed by atoms with Gasteiger partial charge in [-0.05, 0) is 60.3 Å². The highest BCUT2D eigenvalue weighted by molar-refractivity contribution is 5.76. The zero-order valence-electron chi connectivity index (χ0n) is 17.4. The number of methoxy groups -OCH3 is 1. The van der Waals surface area contributed by atoms with Gasteiger partial charge in [0.15, 0.2) is 0 Å². The van der Waals surface area contributed by atoms with E-state index in [0.717, 1.165) is 36.1 Å². The number of hydrogen-bond donors (Lipinski definition) is 0. The molecule has 0 amide bonds. The zero-order valence-corrected chi connectivity index (χ0v) is 17.4. The van der Waals surface area contributed by atoms with Gasteiger partial charge in [-0.1, -0.05) is 24.3 Å². The molecule has 0 radical (unpaired) electrons. The third-order valence-corrected chi connectivity index (χ3v) is 5.88. The number of carbonyl (C=O) groups excluding carboxylic acids is 1. The number of hydrogen-bond acceptors (Lipinski definition) is 6. The van der Waals surface area contributed by atoms with E-state index < -0.39 is 0 Å². The van der Waals surface area contributed by atoms with Gasteiger partial charge in [0.2, 0.25) is 0 Å². The molecule has 0 aliphatic carbocycles. The van der Waals surface area contributed by atoms with E-state index in [0.29, 0.717) is 5.56 Å². The molecule has 1 fully saturated rings. The average Bonchev–Trinajstić information content (AvgIpc) is 3.32. The third-order valence-electron chi connectivity index (χ3n) is 5.88. The van der Waals surface area contributed by atoms with E-state index in [2.05, 4.69) is 33.1 Å². The minimum Gasteiger partial charge on any atom is -0.468 e. The number of pyridine rings is 2.